The van der Waals surface area contributed by atoms with Gasteiger partial charge in [-0.05, 0) is 19.1 Å². The predicted molar refractivity (Wildman–Crippen MR) is 90.8 cm³/mol. The SMILES string of the molecule is CC(CN1CCOCC1)NC(=O)c1ccnc(CN)c1.Cl.Cl. The molecule has 8 heteroatoms. The van der Waals surface area contributed by atoms with Crippen molar-refractivity contribution in [2.45, 2.75) is 19.5 Å². The molecule has 22 heavy (non-hydrogen) atoms. The molecule has 0 radical (unpaired) electrons. The summed E-state index contributed by atoms with van der Waals surface area (Å²) in [6.07, 6.45) is 1.61. The lowest BCUT2D eigenvalue weighted by Crippen LogP contribution is -2.46. The zero-order chi connectivity index (χ0) is 14.4. The molecule has 1 saturated heterocycles. The molecule has 1 aliphatic heterocycles. The molecule has 0 bridgehead atoms. The lowest BCUT2D eigenvalue weighted by Gasteiger charge is -2.29. The van der Waals surface area contributed by atoms with Crippen LogP contribution in [0.25, 0.3) is 0 Å². The van der Waals surface area contributed by atoms with Crippen molar-refractivity contribution >= 4 is 30.7 Å². The Kier molecular flexibility index (Phi) is 10.3. The number of nitrogens with zero attached hydrogens (tertiary/aromatic N) is 2. The molecule has 0 aliphatic carbocycles. The maximum Gasteiger partial charge on any atom is 0.251 e. The van der Waals surface area contributed by atoms with Crippen LogP contribution in [-0.4, -0.2) is 54.7 Å². The number of pyridine rings is 1. The fourth-order valence-electron chi connectivity index (χ4n) is 2.25. The number of ether oxygens (including phenoxy) is 1. The molecule has 126 valence electrons. The van der Waals surface area contributed by atoms with Gasteiger partial charge in [0.05, 0.1) is 18.9 Å². The third kappa shape index (κ3) is 6.46. The van der Waals surface area contributed by atoms with Crippen LogP contribution in [0.2, 0.25) is 0 Å². The highest BCUT2D eigenvalue weighted by molar-refractivity contribution is 5.94. The van der Waals surface area contributed by atoms with E-state index in [1.54, 1.807) is 18.3 Å². The number of morpholine rings is 1. The zero-order valence-corrected chi connectivity index (χ0v) is 14.3. The van der Waals surface area contributed by atoms with Crippen LogP contribution in [0.5, 0.6) is 0 Å². The molecular formula is C14H24Cl2N4O2. The van der Waals surface area contributed by atoms with Crippen LogP contribution in [0.15, 0.2) is 18.3 Å². The molecule has 0 aromatic carbocycles. The standard InChI is InChI=1S/C14H22N4O2.2ClH/c1-11(10-18-4-6-20-7-5-18)17-14(19)12-2-3-16-13(8-12)9-15;;/h2-3,8,11H,4-7,9-10,15H2,1H3,(H,17,19);2*1H. The second-order valence-corrected chi connectivity index (χ2v) is 5.03. The first-order valence-corrected chi connectivity index (χ1v) is 6.95. The van der Waals surface area contributed by atoms with Crippen LogP contribution in [0.3, 0.4) is 0 Å². The average Bonchev–Trinajstić information content (AvgIpc) is 2.48. The molecule has 1 aromatic rings. The van der Waals surface area contributed by atoms with Crippen molar-refractivity contribution in [2.24, 2.45) is 5.73 Å². The van der Waals surface area contributed by atoms with Gasteiger partial charge in [-0.1, -0.05) is 0 Å². The third-order valence-corrected chi connectivity index (χ3v) is 3.30. The van der Waals surface area contributed by atoms with Gasteiger partial charge in [-0.3, -0.25) is 14.7 Å². The van der Waals surface area contributed by atoms with Crippen LogP contribution in [0.4, 0.5) is 0 Å². The molecule has 1 fully saturated rings. The normalized spacial score (nSPS) is 16.1. The Balaban J connectivity index is 0.00000220. The summed E-state index contributed by atoms with van der Waals surface area (Å²) < 4.78 is 5.31. The van der Waals surface area contributed by atoms with E-state index >= 15 is 0 Å². The summed E-state index contributed by atoms with van der Waals surface area (Å²) in [6, 6.07) is 3.53. The highest BCUT2D eigenvalue weighted by Gasteiger charge is 2.16. The Hall–Kier alpha value is -0.920. The van der Waals surface area contributed by atoms with Crippen molar-refractivity contribution in [1.82, 2.24) is 15.2 Å². The number of hydrogen-bond acceptors (Lipinski definition) is 5. The number of carbonyl (C=O) groups is 1. The van der Waals surface area contributed by atoms with Gasteiger partial charge in [-0.25, -0.2) is 0 Å². The topological polar surface area (TPSA) is 80.5 Å². The van der Waals surface area contributed by atoms with E-state index in [0.717, 1.165) is 38.5 Å². The molecule has 3 N–H and O–H groups in total. The maximum absolute atomic E-state index is 12.1. The van der Waals surface area contributed by atoms with Crippen LogP contribution in [-0.2, 0) is 11.3 Å². The number of rotatable bonds is 5. The molecule has 2 heterocycles. The number of aromatic nitrogens is 1. The molecule has 1 aromatic heterocycles. The lowest BCUT2D eigenvalue weighted by molar-refractivity contribution is 0.0342. The number of amides is 1. The molecule has 2 rings (SSSR count). The second kappa shape index (κ2) is 10.7. The average molecular weight is 351 g/mol. The maximum atomic E-state index is 12.1. The molecule has 0 spiro atoms. The summed E-state index contributed by atoms with van der Waals surface area (Å²) in [5, 5.41) is 3.00. The van der Waals surface area contributed by atoms with Gasteiger partial charge in [0, 0.05) is 44.0 Å². The minimum absolute atomic E-state index is 0. The Morgan fingerprint density at radius 2 is 2.14 bits per heavy atom. The Bertz CT molecular complexity index is 456. The first-order chi connectivity index (χ1) is 9.69. The summed E-state index contributed by atoms with van der Waals surface area (Å²) in [6.45, 7) is 6.57. The monoisotopic (exact) mass is 350 g/mol. The van der Waals surface area contributed by atoms with Gasteiger partial charge in [0.15, 0.2) is 0 Å². The fourth-order valence-corrected chi connectivity index (χ4v) is 2.25. The summed E-state index contributed by atoms with van der Waals surface area (Å²) in [4.78, 5) is 18.5. The molecular weight excluding hydrogens is 327 g/mol. The summed E-state index contributed by atoms with van der Waals surface area (Å²) >= 11 is 0. The Morgan fingerprint density at radius 3 is 2.77 bits per heavy atom. The van der Waals surface area contributed by atoms with Gasteiger partial charge < -0.3 is 15.8 Å². The van der Waals surface area contributed by atoms with E-state index in [0.29, 0.717) is 12.1 Å². The number of carbonyl (C=O) groups excluding carboxylic acids is 1. The van der Waals surface area contributed by atoms with Crippen LogP contribution >= 0.6 is 24.8 Å². The second-order valence-electron chi connectivity index (χ2n) is 5.03. The minimum Gasteiger partial charge on any atom is -0.379 e. The van der Waals surface area contributed by atoms with Crippen molar-refractivity contribution in [2.75, 3.05) is 32.8 Å². The summed E-state index contributed by atoms with van der Waals surface area (Å²) in [5.74, 6) is -0.0807. The molecule has 6 nitrogen and oxygen atoms in total. The Labute approximate surface area is 143 Å². The highest BCUT2D eigenvalue weighted by Crippen LogP contribution is 2.03. The van der Waals surface area contributed by atoms with E-state index in [1.165, 1.54) is 0 Å². The van der Waals surface area contributed by atoms with E-state index < -0.39 is 0 Å². The lowest BCUT2D eigenvalue weighted by atomic mass is 10.2. The van der Waals surface area contributed by atoms with Crippen molar-refractivity contribution in [1.29, 1.82) is 0 Å². The number of nitrogens with one attached hydrogen (secondary N) is 1. The number of halogens is 2. The predicted octanol–water partition coefficient (Wildman–Crippen LogP) is 0.834. The van der Waals surface area contributed by atoms with Gasteiger partial charge in [0.2, 0.25) is 0 Å². The largest absolute Gasteiger partial charge is 0.379 e. The summed E-state index contributed by atoms with van der Waals surface area (Å²) in [7, 11) is 0. The summed E-state index contributed by atoms with van der Waals surface area (Å²) in [5.41, 5.74) is 6.86. The zero-order valence-electron chi connectivity index (χ0n) is 12.7. The van der Waals surface area contributed by atoms with Crippen LogP contribution < -0.4 is 11.1 Å². The molecule has 1 unspecified atom stereocenters. The van der Waals surface area contributed by atoms with Gasteiger partial charge in [0.25, 0.3) is 5.91 Å². The van der Waals surface area contributed by atoms with E-state index in [-0.39, 0.29) is 36.8 Å². The smallest absolute Gasteiger partial charge is 0.251 e. The van der Waals surface area contributed by atoms with Crippen molar-refractivity contribution in [3.8, 4) is 0 Å². The van der Waals surface area contributed by atoms with Crippen LogP contribution in [0, 0.1) is 0 Å². The number of nitrogens with two attached hydrogens (primary N) is 1. The van der Waals surface area contributed by atoms with Crippen molar-refractivity contribution < 1.29 is 9.53 Å². The third-order valence-electron chi connectivity index (χ3n) is 3.30. The van der Waals surface area contributed by atoms with Gasteiger partial charge in [-0.15, -0.1) is 24.8 Å². The minimum atomic E-state index is -0.0807. The van der Waals surface area contributed by atoms with Crippen molar-refractivity contribution in [3.63, 3.8) is 0 Å². The van der Waals surface area contributed by atoms with Gasteiger partial charge >= 0.3 is 0 Å². The van der Waals surface area contributed by atoms with E-state index in [9.17, 15) is 4.79 Å². The van der Waals surface area contributed by atoms with E-state index in [1.807, 2.05) is 6.92 Å². The molecule has 0 saturated carbocycles. The van der Waals surface area contributed by atoms with Gasteiger partial charge in [0.1, 0.15) is 0 Å². The van der Waals surface area contributed by atoms with Crippen molar-refractivity contribution in [3.05, 3.63) is 29.6 Å². The fraction of sp³-hybridized carbons (Fsp3) is 0.571. The number of hydrogen-bond donors (Lipinski definition) is 2. The van der Waals surface area contributed by atoms with E-state index in [4.69, 9.17) is 10.5 Å². The first-order valence-electron chi connectivity index (χ1n) is 6.95. The molecule has 1 atom stereocenters. The van der Waals surface area contributed by atoms with Crippen LogP contribution in [0.1, 0.15) is 23.0 Å². The highest BCUT2D eigenvalue weighted by atomic mass is 35.5. The van der Waals surface area contributed by atoms with E-state index in [2.05, 4.69) is 15.2 Å². The molecule has 1 aliphatic rings. The quantitative estimate of drug-likeness (QED) is 0.822. The first kappa shape index (κ1) is 21.1. The van der Waals surface area contributed by atoms with Gasteiger partial charge in [-0.2, -0.15) is 0 Å². The molecule has 1 amide bonds. The Morgan fingerprint density at radius 1 is 1.45 bits per heavy atom.